The highest BCUT2D eigenvalue weighted by Crippen LogP contribution is 2.24. The lowest BCUT2D eigenvalue weighted by atomic mass is 10.0. The normalized spacial score (nSPS) is 13.9. The Kier molecular flexibility index (Phi) is 13.0. The lowest BCUT2D eigenvalue weighted by molar-refractivity contribution is -0.149. The number of esters is 1. The number of morpholine rings is 1. The number of nitrogens with one attached hydrogen (secondary N) is 3. The summed E-state index contributed by atoms with van der Waals surface area (Å²) in [6.45, 7) is 6.91. The number of anilines is 1. The van der Waals surface area contributed by atoms with E-state index in [9.17, 15) is 32.4 Å². The number of hydrogen-bond donors (Lipinski definition) is 3. The van der Waals surface area contributed by atoms with Gasteiger partial charge in [-0.2, -0.15) is 0 Å². The van der Waals surface area contributed by atoms with Gasteiger partial charge in [0.15, 0.2) is 0 Å². The number of halogens is 2. The molecule has 0 aliphatic carbocycles. The maximum Gasteiger partial charge on any atom is 0.335 e. The van der Waals surface area contributed by atoms with Crippen molar-refractivity contribution in [2.75, 3.05) is 44.1 Å². The highest BCUT2D eigenvalue weighted by Gasteiger charge is 2.27. The average molecular weight is 834 g/mol. The second-order valence-corrected chi connectivity index (χ2v) is 15.6. The van der Waals surface area contributed by atoms with E-state index in [0.717, 1.165) is 29.8 Å². The number of amides is 2. The van der Waals surface area contributed by atoms with Crippen molar-refractivity contribution in [3.05, 3.63) is 128 Å². The van der Waals surface area contributed by atoms with Gasteiger partial charge in [0.2, 0.25) is 0 Å². The molecule has 0 saturated carbocycles. The van der Waals surface area contributed by atoms with Gasteiger partial charge in [-0.05, 0) is 67.9 Å². The van der Waals surface area contributed by atoms with Crippen molar-refractivity contribution in [3.63, 3.8) is 0 Å². The Morgan fingerprint density at radius 1 is 0.932 bits per heavy atom. The number of rotatable bonds is 14. The minimum atomic E-state index is -4.48. The van der Waals surface area contributed by atoms with E-state index in [0.29, 0.717) is 49.5 Å². The highest BCUT2D eigenvalue weighted by atomic mass is 32.2. The summed E-state index contributed by atoms with van der Waals surface area (Å²) in [4.78, 5) is 71.1. The van der Waals surface area contributed by atoms with Crippen LogP contribution in [0.4, 0.5) is 14.5 Å². The van der Waals surface area contributed by atoms with Crippen LogP contribution >= 0.6 is 0 Å². The summed E-state index contributed by atoms with van der Waals surface area (Å²) in [7, 11) is -2.98. The molecule has 0 bridgehead atoms. The topological polar surface area (TPSA) is 200 Å². The van der Waals surface area contributed by atoms with Crippen LogP contribution in [0.5, 0.6) is 0 Å². The number of pyridine rings is 1. The van der Waals surface area contributed by atoms with E-state index in [2.05, 4.69) is 20.5 Å². The van der Waals surface area contributed by atoms with E-state index in [4.69, 9.17) is 9.47 Å². The number of fused-ring (bicyclic) bond motifs is 1. The molecule has 1 aliphatic heterocycles. The lowest BCUT2D eigenvalue weighted by Crippen LogP contribution is -2.44. The van der Waals surface area contributed by atoms with Gasteiger partial charge in [-0.25, -0.2) is 31.4 Å². The van der Waals surface area contributed by atoms with Gasteiger partial charge in [-0.15, -0.1) is 0 Å². The Hall–Kier alpha value is -6.31. The van der Waals surface area contributed by atoms with Crippen LogP contribution in [0.3, 0.4) is 0 Å². The second kappa shape index (κ2) is 18.1. The molecule has 0 spiro atoms. The van der Waals surface area contributed by atoms with Gasteiger partial charge in [0.05, 0.1) is 58.3 Å². The SMILES string of the molecule is CC(C)OC(=O)[C@H](Cc1ccc(-n2c(=O)c3ccncc3n(C)c2=O)cc1)NC(=O)c1cc(F)c(NS(=O)(=O)c2ccc(C(=O)NCCN3CCOCC3)cc2)cc1F. The summed E-state index contributed by atoms with van der Waals surface area (Å²) in [5.41, 5.74) is -1.59. The minimum absolute atomic E-state index is 0.189. The highest BCUT2D eigenvalue weighted by molar-refractivity contribution is 7.92. The van der Waals surface area contributed by atoms with Crippen LogP contribution in [0.1, 0.15) is 40.1 Å². The zero-order valence-corrected chi connectivity index (χ0v) is 33.1. The van der Waals surface area contributed by atoms with Gasteiger partial charge < -0.3 is 20.1 Å². The third-order valence-electron chi connectivity index (χ3n) is 9.44. The molecular weight excluding hydrogens is 793 g/mol. The maximum atomic E-state index is 15.4. The second-order valence-electron chi connectivity index (χ2n) is 13.9. The van der Waals surface area contributed by atoms with Gasteiger partial charge in [-0.1, -0.05) is 12.1 Å². The van der Waals surface area contributed by atoms with Crippen molar-refractivity contribution in [1.82, 2.24) is 29.7 Å². The first-order valence-electron chi connectivity index (χ1n) is 18.5. The third-order valence-corrected chi connectivity index (χ3v) is 10.8. The molecule has 3 aromatic carbocycles. The summed E-state index contributed by atoms with van der Waals surface area (Å²) in [5.74, 6) is -5.09. The van der Waals surface area contributed by atoms with E-state index in [1.807, 2.05) is 4.72 Å². The van der Waals surface area contributed by atoms with Gasteiger partial charge in [0.1, 0.15) is 17.7 Å². The first-order chi connectivity index (χ1) is 28.1. The van der Waals surface area contributed by atoms with Crippen LogP contribution in [-0.2, 0) is 37.8 Å². The zero-order valence-electron chi connectivity index (χ0n) is 32.2. The van der Waals surface area contributed by atoms with Crippen molar-refractivity contribution in [2.24, 2.45) is 7.05 Å². The smallest absolute Gasteiger partial charge is 0.335 e. The molecule has 19 heteroatoms. The summed E-state index contributed by atoms with van der Waals surface area (Å²) in [6.07, 6.45) is 2.05. The molecule has 3 N–H and O–H groups in total. The largest absolute Gasteiger partial charge is 0.461 e. The fourth-order valence-corrected chi connectivity index (χ4v) is 7.38. The van der Waals surface area contributed by atoms with Crippen molar-refractivity contribution in [3.8, 4) is 5.69 Å². The first kappa shape index (κ1) is 42.3. The molecule has 1 atom stereocenters. The van der Waals surface area contributed by atoms with Crippen molar-refractivity contribution < 1.29 is 41.1 Å². The van der Waals surface area contributed by atoms with Crippen LogP contribution < -0.4 is 26.6 Å². The van der Waals surface area contributed by atoms with Gasteiger partial charge in [0.25, 0.3) is 27.4 Å². The monoisotopic (exact) mass is 833 g/mol. The number of benzene rings is 3. The van der Waals surface area contributed by atoms with E-state index < -0.39 is 74.1 Å². The van der Waals surface area contributed by atoms with Gasteiger partial charge in [0, 0.05) is 57.5 Å². The summed E-state index contributed by atoms with van der Waals surface area (Å²) < 4.78 is 71.8. The van der Waals surface area contributed by atoms with Crippen LogP contribution in [0, 0.1) is 11.6 Å². The van der Waals surface area contributed by atoms with Crippen LogP contribution in [0.15, 0.2) is 93.6 Å². The van der Waals surface area contributed by atoms with Gasteiger partial charge >= 0.3 is 11.7 Å². The standard InChI is InChI=1S/C40H41F2N7O9S/c1-24(2)58-39(53)34(20-25-4-8-27(9-5-25)49-38(52)29-12-13-43-23-35(29)47(3)40(49)54)45-37(51)30-21-32(42)33(22-31(30)41)46-59(55,56)28-10-6-26(7-11-28)36(50)44-14-15-48-16-18-57-19-17-48/h4-13,21-24,34,46H,14-20H2,1-3H3,(H,44,50)(H,45,51)/t34-/m0/s1. The predicted molar refractivity (Wildman–Crippen MR) is 212 cm³/mol. The summed E-state index contributed by atoms with van der Waals surface area (Å²) in [5, 5.41) is 5.41. The molecule has 16 nitrogen and oxygen atoms in total. The fourth-order valence-electron chi connectivity index (χ4n) is 6.33. The number of carbonyl (C=O) groups excluding carboxylic acids is 3. The van der Waals surface area contributed by atoms with Gasteiger partial charge in [-0.3, -0.25) is 33.6 Å². The summed E-state index contributed by atoms with van der Waals surface area (Å²) >= 11 is 0. The van der Waals surface area contributed by atoms with Crippen molar-refractivity contribution in [2.45, 2.75) is 37.3 Å². The van der Waals surface area contributed by atoms with Crippen molar-refractivity contribution in [1.29, 1.82) is 0 Å². The average Bonchev–Trinajstić information content (AvgIpc) is 3.21. The molecule has 1 saturated heterocycles. The Labute approximate surface area is 336 Å². The Balaban J connectivity index is 1.13. The fraction of sp³-hybridized carbons (Fsp3) is 0.300. The number of aromatic nitrogens is 3. The van der Waals surface area contributed by atoms with E-state index >= 15 is 8.78 Å². The van der Waals surface area contributed by atoms with Crippen molar-refractivity contribution >= 4 is 44.4 Å². The molecule has 5 aromatic rings. The van der Waals surface area contributed by atoms with Crippen LogP contribution in [0.2, 0.25) is 0 Å². The molecule has 310 valence electrons. The van der Waals surface area contributed by atoms with Crippen LogP contribution in [-0.4, -0.2) is 96.8 Å². The molecule has 1 aliphatic rings. The number of hydrogen-bond acceptors (Lipinski definition) is 11. The van der Waals surface area contributed by atoms with E-state index in [1.54, 1.807) is 13.8 Å². The number of nitrogens with zero attached hydrogens (tertiary/aromatic N) is 4. The number of aryl methyl sites for hydroxylation is 1. The molecule has 6 rings (SSSR count). The lowest BCUT2D eigenvalue weighted by Gasteiger charge is -2.26. The zero-order chi connectivity index (χ0) is 42.4. The molecule has 0 unspecified atom stereocenters. The third kappa shape index (κ3) is 9.87. The molecule has 3 heterocycles. The molecule has 2 amide bonds. The molecule has 0 radical (unpaired) electrons. The quantitative estimate of drug-likeness (QED) is 0.139. The van der Waals surface area contributed by atoms with E-state index in [-0.39, 0.29) is 28.0 Å². The molecular formula is C40H41F2N7O9S. The Bertz CT molecular complexity index is 2610. The number of ether oxygens (including phenoxy) is 2. The van der Waals surface area contributed by atoms with E-state index in [1.165, 1.54) is 66.5 Å². The van der Waals surface area contributed by atoms with Crippen LogP contribution in [0.25, 0.3) is 16.6 Å². The number of carbonyl (C=O) groups is 3. The molecule has 1 fully saturated rings. The molecule has 59 heavy (non-hydrogen) atoms. The predicted octanol–water partition coefficient (Wildman–Crippen LogP) is 2.52. The Morgan fingerprint density at radius 2 is 1.63 bits per heavy atom. The summed E-state index contributed by atoms with van der Waals surface area (Å²) in [6, 6.07) is 11.9. The number of sulfonamides is 1. The maximum absolute atomic E-state index is 15.4. The Morgan fingerprint density at radius 3 is 2.31 bits per heavy atom. The minimum Gasteiger partial charge on any atom is -0.461 e. The first-order valence-corrected chi connectivity index (χ1v) is 20.0. The molecule has 2 aromatic heterocycles.